The highest BCUT2D eigenvalue weighted by Gasteiger charge is 1.89. The quantitative estimate of drug-likeness (QED) is 0.467. The molecule has 4 nitrogen and oxygen atoms in total. The molecular weight excluding hydrogens is 132 g/mol. The predicted molar refractivity (Wildman–Crippen MR) is 37.3 cm³/mol. The van der Waals surface area contributed by atoms with Crippen LogP contribution in [0.25, 0.3) is 0 Å². The molecule has 4 heteroatoms. The third-order valence-corrected chi connectivity index (χ3v) is 1.12. The van der Waals surface area contributed by atoms with Crippen LogP contribution >= 0.6 is 0 Å². The second-order valence-corrected chi connectivity index (χ2v) is 1.80. The molecule has 0 heterocycles. The Morgan fingerprint density at radius 1 is 1.00 bits per heavy atom. The number of benzene rings is 1. The van der Waals surface area contributed by atoms with E-state index in [2.05, 4.69) is 0 Å². The molecule has 0 fully saturated rings. The summed E-state index contributed by atoms with van der Waals surface area (Å²) < 4.78 is 0. The average Bonchev–Trinajstić information content (AvgIpc) is 2.05. The smallest absolute Gasteiger partial charge is 0.0623 e. The first kappa shape index (κ1) is 6.85. The van der Waals surface area contributed by atoms with Gasteiger partial charge in [0.15, 0.2) is 0 Å². The second kappa shape index (κ2) is 3.05. The Morgan fingerprint density at radius 3 is 1.90 bits per heavy atom. The van der Waals surface area contributed by atoms with Crippen molar-refractivity contribution in [1.29, 1.82) is 0 Å². The van der Waals surface area contributed by atoms with Crippen LogP contribution in [0.2, 0.25) is 0 Å². The molecule has 1 aromatic carbocycles. The van der Waals surface area contributed by atoms with Crippen LogP contribution in [0.4, 0.5) is 11.4 Å². The van der Waals surface area contributed by atoms with Gasteiger partial charge in [-0.3, -0.25) is 21.4 Å². The van der Waals surface area contributed by atoms with Crippen molar-refractivity contribution in [1.82, 2.24) is 0 Å². The lowest BCUT2D eigenvalue weighted by Gasteiger charge is -2.00. The maximum absolute atomic E-state index is 8.40. The van der Waals surface area contributed by atoms with Gasteiger partial charge in [-0.25, -0.2) is 0 Å². The lowest BCUT2D eigenvalue weighted by molar-refractivity contribution is 0.385. The molecule has 0 amide bonds. The summed E-state index contributed by atoms with van der Waals surface area (Å²) in [4.78, 5) is 0. The minimum absolute atomic E-state index is 0.527. The van der Waals surface area contributed by atoms with E-state index in [-0.39, 0.29) is 0 Å². The fourth-order valence-electron chi connectivity index (χ4n) is 0.658. The van der Waals surface area contributed by atoms with Crippen molar-refractivity contribution in [3.8, 4) is 0 Å². The van der Waals surface area contributed by atoms with E-state index in [0.717, 1.165) is 0 Å². The molecule has 0 atom stereocenters. The number of hydrogen-bond donors (Lipinski definition) is 4. The van der Waals surface area contributed by atoms with Crippen molar-refractivity contribution < 1.29 is 10.4 Å². The lowest BCUT2D eigenvalue weighted by Crippen LogP contribution is -1.92. The topological polar surface area (TPSA) is 64.5 Å². The zero-order chi connectivity index (χ0) is 7.40. The molecule has 0 aliphatic heterocycles. The van der Waals surface area contributed by atoms with Gasteiger partial charge in [-0.1, -0.05) is 6.07 Å². The van der Waals surface area contributed by atoms with Crippen molar-refractivity contribution in [2.75, 3.05) is 11.0 Å². The van der Waals surface area contributed by atoms with Crippen LogP contribution < -0.4 is 11.0 Å². The van der Waals surface area contributed by atoms with Gasteiger partial charge in [0.25, 0.3) is 0 Å². The Hall–Kier alpha value is -1.26. The highest BCUT2D eigenvalue weighted by molar-refractivity contribution is 5.54. The van der Waals surface area contributed by atoms with Crippen LogP contribution in [-0.2, 0) is 0 Å². The fourth-order valence-corrected chi connectivity index (χ4v) is 0.658. The molecule has 0 aliphatic carbocycles. The summed E-state index contributed by atoms with van der Waals surface area (Å²) in [5, 5.41) is 16.8. The predicted octanol–water partition coefficient (Wildman–Crippen LogP) is 1.29. The van der Waals surface area contributed by atoms with Gasteiger partial charge in [-0.2, -0.15) is 0 Å². The van der Waals surface area contributed by atoms with E-state index in [1.165, 1.54) is 0 Å². The molecule has 1 aromatic rings. The normalized spacial score (nSPS) is 9.00. The van der Waals surface area contributed by atoms with Crippen LogP contribution in [0.15, 0.2) is 24.3 Å². The van der Waals surface area contributed by atoms with Crippen molar-refractivity contribution >= 4 is 11.4 Å². The maximum atomic E-state index is 8.40. The van der Waals surface area contributed by atoms with Crippen molar-refractivity contribution in [2.45, 2.75) is 0 Å². The fraction of sp³-hybridized carbons (Fsp3) is 0. The van der Waals surface area contributed by atoms with Crippen LogP contribution in [-0.4, -0.2) is 10.4 Å². The van der Waals surface area contributed by atoms with Gasteiger partial charge in [-0.05, 0) is 18.2 Å². The first-order valence-corrected chi connectivity index (χ1v) is 2.77. The Kier molecular flexibility index (Phi) is 2.09. The summed E-state index contributed by atoms with van der Waals surface area (Å²) >= 11 is 0. The largest absolute Gasteiger partial charge is 0.291 e. The number of hydrogen-bond acceptors (Lipinski definition) is 4. The molecular formula is C6H8N2O2. The average molecular weight is 140 g/mol. The van der Waals surface area contributed by atoms with Gasteiger partial charge in [0.1, 0.15) is 0 Å². The first-order valence-electron chi connectivity index (χ1n) is 2.77. The molecule has 54 valence electrons. The van der Waals surface area contributed by atoms with E-state index in [9.17, 15) is 0 Å². The Bertz CT molecular complexity index is 195. The summed E-state index contributed by atoms with van der Waals surface area (Å²) in [6.07, 6.45) is 0. The molecule has 10 heavy (non-hydrogen) atoms. The Balaban J connectivity index is 2.87. The van der Waals surface area contributed by atoms with Crippen molar-refractivity contribution in [3.05, 3.63) is 24.3 Å². The molecule has 0 aromatic heterocycles. The maximum Gasteiger partial charge on any atom is 0.0623 e. The summed E-state index contributed by atoms with van der Waals surface area (Å²) in [7, 11) is 0. The van der Waals surface area contributed by atoms with Crippen molar-refractivity contribution in [2.24, 2.45) is 0 Å². The summed E-state index contributed by atoms with van der Waals surface area (Å²) in [6, 6.07) is 6.58. The summed E-state index contributed by atoms with van der Waals surface area (Å²) in [5.74, 6) is 0. The van der Waals surface area contributed by atoms with Gasteiger partial charge in [0.2, 0.25) is 0 Å². The number of anilines is 2. The molecule has 1 rings (SSSR count). The van der Waals surface area contributed by atoms with E-state index in [0.29, 0.717) is 11.4 Å². The van der Waals surface area contributed by atoms with Gasteiger partial charge < -0.3 is 0 Å². The third-order valence-electron chi connectivity index (χ3n) is 1.12. The SMILES string of the molecule is ONc1cccc(NO)c1. The molecule has 0 unspecified atom stereocenters. The monoisotopic (exact) mass is 140 g/mol. The molecule has 0 saturated carbocycles. The van der Waals surface area contributed by atoms with Gasteiger partial charge >= 0.3 is 0 Å². The highest BCUT2D eigenvalue weighted by Crippen LogP contribution is 2.12. The van der Waals surface area contributed by atoms with Crippen LogP contribution in [0.1, 0.15) is 0 Å². The highest BCUT2D eigenvalue weighted by atomic mass is 16.5. The first-order chi connectivity index (χ1) is 4.86. The van der Waals surface area contributed by atoms with Crippen molar-refractivity contribution in [3.63, 3.8) is 0 Å². The third kappa shape index (κ3) is 1.37. The molecule has 0 saturated heterocycles. The molecule has 0 bridgehead atoms. The van der Waals surface area contributed by atoms with E-state index in [1.807, 2.05) is 11.0 Å². The molecule has 4 N–H and O–H groups in total. The van der Waals surface area contributed by atoms with Gasteiger partial charge in [0, 0.05) is 0 Å². The van der Waals surface area contributed by atoms with E-state index < -0.39 is 0 Å². The summed E-state index contributed by atoms with van der Waals surface area (Å²) in [5.41, 5.74) is 4.95. The van der Waals surface area contributed by atoms with Crippen LogP contribution in [0, 0.1) is 0 Å². The number of nitrogens with one attached hydrogen (secondary N) is 2. The lowest BCUT2D eigenvalue weighted by atomic mass is 10.3. The second-order valence-electron chi connectivity index (χ2n) is 1.80. The molecule has 0 spiro atoms. The Morgan fingerprint density at radius 2 is 1.50 bits per heavy atom. The van der Waals surface area contributed by atoms with Gasteiger partial charge in [0.05, 0.1) is 11.4 Å². The van der Waals surface area contributed by atoms with E-state index >= 15 is 0 Å². The van der Waals surface area contributed by atoms with E-state index in [1.54, 1.807) is 24.3 Å². The minimum Gasteiger partial charge on any atom is -0.291 e. The molecule has 0 aliphatic rings. The minimum atomic E-state index is 0.527. The number of rotatable bonds is 2. The zero-order valence-corrected chi connectivity index (χ0v) is 5.20. The standard InChI is InChI=1S/C6H8N2O2/c9-7-5-2-1-3-6(4-5)8-10/h1-4,7-10H. The summed E-state index contributed by atoms with van der Waals surface area (Å²) in [6.45, 7) is 0. The molecule has 0 radical (unpaired) electrons. The van der Waals surface area contributed by atoms with E-state index in [4.69, 9.17) is 10.4 Å². The van der Waals surface area contributed by atoms with Gasteiger partial charge in [-0.15, -0.1) is 0 Å². The Labute approximate surface area is 58.0 Å². The zero-order valence-electron chi connectivity index (χ0n) is 5.20. The van der Waals surface area contributed by atoms with Crippen LogP contribution in [0.3, 0.4) is 0 Å². The van der Waals surface area contributed by atoms with Crippen LogP contribution in [0.5, 0.6) is 0 Å².